The second kappa shape index (κ2) is 9.92. The topological polar surface area (TPSA) is 69.7 Å². The zero-order chi connectivity index (χ0) is 19.0. The monoisotopic (exact) mass is 381 g/mol. The van der Waals surface area contributed by atoms with Gasteiger partial charge in [0.1, 0.15) is 0 Å². The normalized spacial score (nSPS) is 15.8. The largest absolute Gasteiger partial charge is 0.369 e. The van der Waals surface area contributed by atoms with Crippen molar-refractivity contribution >= 4 is 27.3 Å². The van der Waals surface area contributed by atoms with E-state index in [0.29, 0.717) is 39.0 Å². The van der Waals surface area contributed by atoms with Gasteiger partial charge in [-0.05, 0) is 37.1 Å². The SMILES string of the molecule is CCCCC(=O)Nc1ccc(N2CCN(S(=O)(=O)CCCC)CC2)cc1. The smallest absolute Gasteiger partial charge is 0.224 e. The highest BCUT2D eigenvalue weighted by Crippen LogP contribution is 2.21. The number of hydrogen-bond acceptors (Lipinski definition) is 4. The van der Waals surface area contributed by atoms with Gasteiger partial charge in [0.15, 0.2) is 0 Å². The molecule has 0 radical (unpaired) electrons. The van der Waals surface area contributed by atoms with Gasteiger partial charge in [-0.1, -0.05) is 26.7 Å². The summed E-state index contributed by atoms with van der Waals surface area (Å²) in [5, 5.41) is 2.91. The highest BCUT2D eigenvalue weighted by molar-refractivity contribution is 7.89. The van der Waals surface area contributed by atoms with Crippen molar-refractivity contribution in [3.63, 3.8) is 0 Å². The molecule has 0 aliphatic carbocycles. The van der Waals surface area contributed by atoms with Crippen LogP contribution in [0.25, 0.3) is 0 Å². The van der Waals surface area contributed by atoms with Gasteiger partial charge in [-0.15, -0.1) is 0 Å². The zero-order valence-electron chi connectivity index (χ0n) is 15.9. The Kier molecular flexibility index (Phi) is 7.90. The summed E-state index contributed by atoms with van der Waals surface area (Å²) in [5.41, 5.74) is 1.86. The number of benzene rings is 1. The Labute approximate surface area is 157 Å². The molecule has 7 heteroatoms. The molecule has 26 heavy (non-hydrogen) atoms. The molecule has 1 saturated heterocycles. The van der Waals surface area contributed by atoms with Crippen LogP contribution in [0.3, 0.4) is 0 Å². The van der Waals surface area contributed by atoms with Crippen molar-refractivity contribution in [2.75, 3.05) is 42.1 Å². The summed E-state index contributed by atoms with van der Waals surface area (Å²) in [6.45, 7) is 6.50. The molecule has 0 spiro atoms. The lowest BCUT2D eigenvalue weighted by atomic mass is 10.2. The van der Waals surface area contributed by atoms with Gasteiger partial charge in [0, 0.05) is 44.0 Å². The number of unbranched alkanes of at least 4 members (excludes halogenated alkanes) is 2. The summed E-state index contributed by atoms with van der Waals surface area (Å²) in [7, 11) is -3.12. The van der Waals surface area contributed by atoms with E-state index in [1.54, 1.807) is 4.31 Å². The molecule has 1 aliphatic rings. The van der Waals surface area contributed by atoms with E-state index in [1.807, 2.05) is 31.2 Å². The molecule has 0 atom stereocenters. The van der Waals surface area contributed by atoms with E-state index in [1.165, 1.54) is 0 Å². The van der Waals surface area contributed by atoms with Crippen molar-refractivity contribution in [3.8, 4) is 0 Å². The van der Waals surface area contributed by atoms with Crippen LogP contribution in [0.2, 0.25) is 0 Å². The number of sulfonamides is 1. The van der Waals surface area contributed by atoms with Crippen molar-refractivity contribution in [1.29, 1.82) is 0 Å². The van der Waals surface area contributed by atoms with E-state index in [2.05, 4.69) is 17.1 Å². The Morgan fingerprint density at radius 2 is 1.62 bits per heavy atom. The van der Waals surface area contributed by atoms with Crippen molar-refractivity contribution in [2.45, 2.75) is 46.0 Å². The van der Waals surface area contributed by atoms with Gasteiger partial charge in [0.25, 0.3) is 0 Å². The number of anilines is 2. The van der Waals surface area contributed by atoms with E-state index in [0.717, 1.165) is 30.6 Å². The third-order valence-corrected chi connectivity index (χ3v) is 6.62. The fourth-order valence-electron chi connectivity index (χ4n) is 3.00. The number of piperazine rings is 1. The van der Waals surface area contributed by atoms with Crippen LogP contribution in [0.4, 0.5) is 11.4 Å². The van der Waals surface area contributed by atoms with E-state index >= 15 is 0 Å². The minimum atomic E-state index is -3.12. The Morgan fingerprint density at radius 1 is 1.00 bits per heavy atom. The van der Waals surface area contributed by atoms with Crippen LogP contribution < -0.4 is 10.2 Å². The van der Waals surface area contributed by atoms with E-state index < -0.39 is 10.0 Å². The summed E-state index contributed by atoms with van der Waals surface area (Å²) >= 11 is 0. The maximum absolute atomic E-state index is 12.3. The van der Waals surface area contributed by atoms with E-state index in [9.17, 15) is 13.2 Å². The van der Waals surface area contributed by atoms with Crippen LogP contribution in [-0.4, -0.2) is 50.6 Å². The van der Waals surface area contributed by atoms with Crippen molar-refractivity contribution < 1.29 is 13.2 Å². The lowest BCUT2D eigenvalue weighted by Crippen LogP contribution is -2.49. The maximum Gasteiger partial charge on any atom is 0.224 e. The molecule has 0 saturated carbocycles. The molecule has 1 aliphatic heterocycles. The lowest BCUT2D eigenvalue weighted by molar-refractivity contribution is -0.116. The molecule has 1 N–H and O–H groups in total. The minimum Gasteiger partial charge on any atom is -0.369 e. The van der Waals surface area contributed by atoms with Crippen molar-refractivity contribution in [1.82, 2.24) is 4.31 Å². The second-order valence-corrected chi connectivity index (χ2v) is 8.84. The third-order valence-electron chi connectivity index (χ3n) is 4.66. The van der Waals surface area contributed by atoms with Gasteiger partial charge >= 0.3 is 0 Å². The first kappa shape index (κ1) is 20.7. The fourth-order valence-corrected chi connectivity index (χ4v) is 4.63. The number of carbonyl (C=O) groups is 1. The Bertz CT molecular complexity index is 666. The first-order chi connectivity index (χ1) is 12.5. The Morgan fingerprint density at radius 3 is 2.19 bits per heavy atom. The average Bonchev–Trinajstić information content (AvgIpc) is 2.65. The first-order valence-corrected chi connectivity index (χ1v) is 11.2. The molecule has 0 aromatic heterocycles. The number of hydrogen-bond donors (Lipinski definition) is 1. The summed E-state index contributed by atoms with van der Waals surface area (Å²) in [6.07, 6.45) is 4.06. The van der Waals surface area contributed by atoms with E-state index in [4.69, 9.17) is 0 Å². The van der Waals surface area contributed by atoms with Crippen LogP contribution >= 0.6 is 0 Å². The van der Waals surface area contributed by atoms with E-state index in [-0.39, 0.29) is 11.7 Å². The molecule has 1 fully saturated rings. The van der Waals surface area contributed by atoms with Crippen molar-refractivity contribution in [2.24, 2.45) is 0 Å². The van der Waals surface area contributed by atoms with Crippen molar-refractivity contribution in [3.05, 3.63) is 24.3 Å². The highest BCUT2D eigenvalue weighted by Gasteiger charge is 2.26. The number of nitrogens with one attached hydrogen (secondary N) is 1. The van der Waals surface area contributed by atoms with Crippen LogP contribution in [0.5, 0.6) is 0 Å². The summed E-state index contributed by atoms with van der Waals surface area (Å²) < 4.78 is 26.2. The van der Waals surface area contributed by atoms with Crippen LogP contribution in [0.15, 0.2) is 24.3 Å². The quantitative estimate of drug-likeness (QED) is 0.714. The third kappa shape index (κ3) is 5.99. The van der Waals surface area contributed by atoms with Crippen LogP contribution in [-0.2, 0) is 14.8 Å². The first-order valence-electron chi connectivity index (χ1n) is 9.59. The van der Waals surface area contributed by atoms with Gasteiger partial charge in [0.2, 0.25) is 15.9 Å². The predicted octanol–water partition coefficient (Wildman–Crippen LogP) is 3.07. The molecule has 2 rings (SSSR count). The standard InChI is InChI=1S/C19H31N3O3S/c1-3-5-7-19(23)20-17-8-10-18(11-9-17)21-12-14-22(15-13-21)26(24,25)16-6-4-2/h8-11H,3-7,12-16H2,1-2H3,(H,20,23). The highest BCUT2D eigenvalue weighted by atomic mass is 32.2. The lowest BCUT2D eigenvalue weighted by Gasteiger charge is -2.35. The number of nitrogens with zero attached hydrogens (tertiary/aromatic N) is 2. The molecule has 6 nitrogen and oxygen atoms in total. The van der Waals surface area contributed by atoms with Gasteiger partial charge in [-0.25, -0.2) is 8.42 Å². The molecular formula is C19H31N3O3S. The molecule has 1 aromatic rings. The minimum absolute atomic E-state index is 0.0468. The maximum atomic E-state index is 12.3. The zero-order valence-corrected chi connectivity index (χ0v) is 16.7. The van der Waals surface area contributed by atoms with Crippen LogP contribution in [0, 0.1) is 0 Å². The van der Waals surface area contributed by atoms with Crippen LogP contribution in [0.1, 0.15) is 46.0 Å². The fraction of sp³-hybridized carbons (Fsp3) is 0.632. The number of amides is 1. The Hall–Kier alpha value is -1.60. The molecule has 1 heterocycles. The molecule has 146 valence electrons. The number of carbonyl (C=O) groups excluding carboxylic acids is 1. The van der Waals surface area contributed by atoms with Gasteiger partial charge < -0.3 is 10.2 Å². The Balaban J connectivity index is 1.86. The second-order valence-electron chi connectivity index (χ2n) is 6.75. The predicted molar refractivity (Wildman–Crippen MR) is 107 cm³/mol. The van der Waals surface area contributed by atoms with Gasteiger partial charge in [-0.2, -0.15) is 4.31 Å². The molecule has 1 amide bonds. The molecule has 1 aromatic carbocycles. The summed E-state index contributed by atoms with van der Waals surface area (Å²) in [4.78, 5) is 14.0. The van der Waals surface area contributed by atoms with Gasteiger partial charge in [-0.3, -0.25) is 4.79 Å². The molecular weight excluding hydrogens is 350 g/mol. The van der Waals surface area contributed by atoms with Gasteiger partial charge in [0.05, 0.1) is 5.75 Å². The molecule has 0 bridgehead atoms. The summed E-state index contributed by atoms with van der Waals surface area (Å²) in [6, 6.07) is 7.78. The summed E-state index contributed by atoms with van der Waals surface area (Å²) in [5.74, 6) is 0.293. The average molecular weight is 382 g/mol. The molecule has 0 unspecified atom stereocenters. The number of rotatable bonds is 9.